The number of rotatable bonds is 4. The first kappa shape index (κ1) is 15.8. The van der Waals surface area contributed by atoms with Crippen molar-refractivity contribution in [2.45, 2.75) is 40.3 Å². The van der Waals surface area contributed by atoms with Crippen LogP contribution in [0.2, 0.25) is 5.02 Å². The summed E-state index contributed by atoms with van der Waals surface area (Å²) in [5.74, 6) is 0. The van der Waals surface area contributed by atoms with Crippen molar-refractivity contribution < 1.29 is 0 Å². The second-order valence-corrected chi connectivity index (χ2v) is 6.05. The number of benzene rings is 1. The molecule has 1 aromatic heterocycles. The molecule has 1 heterocycles. The first-order valence-electron chi connectivity index (χ1n) is 7.10. The van der Waals surface area contributed by atoms with Crippen molar-refractivity contribution in [3.05, 3.63) is 62.5 Å². The molecule has 3 nitrogen and oxygen atoms in total. The third kappa shape index (κ3) is 3.74. The Bertz CT molecular complexity index is 704. The Morgan fingerprint density at radius 1 is 1.24 bits per heavy atom. The highest BCUT2D eigenvalue weighted by Gasteiger charge is 2.07. The third-order valence-electron chi connectivity index (χ3n) is 3.46. The topological polar surface area (TPSA) is 34.0 Å². The van der Waals surface area contributed by atoms with Gasteiger partial charge in [-0.15, -0.1) is 0 Å². The standard InChI is InChI=1S/C17H21ClN2O/c1-11(2)19-9-14-10-20(13(4)7-17(14)21)15-6-5-12(3)16(18)8-15/h5-8,10-11,19H,9H2,1-4H3. The van der Waals surface area contributed by atoms with Gasteiger partial charge in [0.15, 0.2) is 5.43 Å². The normalized spacial score (nSPS) is 11.1. The molecule has 0 radical (unpaired) electrons. The van der Waals surface area contributed by atoms with Gasteiger partial charge in [0.1, 0.15) is 0 Å². The molecule has 0 atom stereocenters. The Morgan fingerprint density at radius 3 is 2.57 bits per heavy atom. The molecule has 0 saturated carbocycles. The number of aryl methyl sites for hydroxylation is 2. The smallest absolute Gasteiger partial charge is 0.186 e. The van der Waals surface area contributed by atoms with Gasteiger partial charge in [0.25, 0.3) is 0 Å². The minimum absolute atomic E-state index is 0.0649. The zero-order chi connectivity index (χ0) is 15.6. The summed E-state index contributed by atoms with van der Waals surface area (Å²) in [6.07, 6.45) is 1.90. The molecule has 112 valence electrons. The van der Waals surface area contributed by atoms with E-state index in [-0.39, 0.29) is 5.43 Å². The van der Waals surface area contributed by atoms with Crippen LogP contribution in [0.4, 0.5) is 0 Å². The lowest BCUT2D eigenvalue weighted by Crippen LogP contribution is -2.26. The number of hydrogen-bond donors (Lipinski definition) is 1. The van der Waals surface area contributed by atoms with Crippen LogP contribution in [-0.2, 0) is 6.54 Å². The van der Waals surface area contributed by atoms with Crippen molar-refractivity contribution in [2.24, 2.45) is 0 Å². The number of pyridine rings is 1. The molecule has 0 fully saturated rings. The molecule has 0 unspecified atom stereocenters. The van der Waals surface area contributed by atoms with Crippen molar-refractivity contribution >= 4 is 11.6 Å². The summed E-state index contributed by atoms with van der Waals surface area (Å²) < 4.78 is 2.00. The molecular formula is C17H21ClN2O. The molecule has 0 spiro atoms. The highest BCUT2D eigenvalue weighted by molar-refractivity contribution is 6.31. The monoisotopic (exact) mass is 304 g/mol. The largest absolute Gasteiger partial charge is 0.321 e. The lowest BCUT2D eigenvalue weighted by molar-refractivity contribution is 0.585. The molecule has 2 aromatic rings. The van der Waals surface area contributed by atoms with Gasteiger partial charge in [-0.05, 0) is 31.5 Å². The Balaban J connectivity index is 2.45. The first-order valence-corrected chi connectivity index (χ1v) is 7.48. The zero-order valence-corrected chi connectivity index (χ0v) is 13.7. The molecule has 0 amide bonds. The summed E-state index contributed by atoms with van der Waals surface area (Å²) in [5.41, 5.74) is 3.73. The van der Waals surface area contributed by atoms with E-state index in [0.29, 0.717) is 12.6 Å². The molecule has 0 aliphatic rings. The van der Waals surface area contributed by atoms with Gasteiger partial charge in [-0.2, -0.15) is 0 Å². The highest BCUT2D eigenvalue weighted by atomic mass is 35.5. The molecule has 1 N–H and O–H groups in total. The van der Waals surface area contributed by atoms with Crippen LogP contribution in [0.25, 0.3) is 5.69 Å². The predicted molar refractivity (Wildman–Crippen MR) is 88.5 cm³/mol. The second kappa shape index (κ2) is 6.46. The maximum absolute atomic E-state index is 12.1. The van der Waals surface area contributed by atoms with Crippen LogP contribution in [0.1, 0.15) is 30.7 Å². The molecule has 2 rings (SSSR count). The lowest BCUT2D eigenvalue weighted by atomic mass is 10.2. The highest BCUT2D eigenvalue weighted by Crippen LogP contribution is 2.20. The minimum Gasteiger partial charge on any atom is -0.321 e. The number of aromatic nitrogens is 1. The molecule has 0 saturated heterocycles. The Hall–Kier alpha value is -1.58. The second-order valence-electron chi connectivity index (χ2n) is 5.64. The van der Waals surface area contributed by atoms with Crippen molar-refractivity contribution in [1.29, 1.82) is 0 Å². The maximum atomic E-state index is 12.1. The SMILES string of the molecule is Cc1ccc(-n2cc(CNC(C)C)c(=O)cc2C)cc1Cl. The average Bonchev–Trinajstić information content (AvgIpc) is 2.41. The Labute approximate surface area is 130 Å². The Kier molecular flexibility index (Phi) is 4.86. The van der Waals surface area contributed by atoms with Gasteiger partial charge >= 0.3 is 0 Å². The zero-order valence-electron chi connectivity index (χ0n) is 12.9. The van der Waals surface area contributed by atoms with E-state index in [0.717, 1.165) is 27.5 Å². The van der Waals surface area contributed by atoms with Gasteiger partial charge in [-0.3, -0.25) is 4.79 Å². The van der Waals surface area contributed by atoms with E-state index in [4.69, 9.17) is 11.6 Å². The summed E-state index contributed by atoms with van der Waals surface area (Å²) in [6.45, 7) is 8.59. The predicted octanol–water partition coefficient (Wildman–Crippen LogP) is 3.61. The first-order chi connectivity index (χ1) is 9.88. The molecule has 0 aliphatic heterocycles. The van der Waals surface area contributed by atoms with Crippen LogP contribution in [-0.4, -0.2) is 10.6 Å². The summed E-state index contributed by atoms with van der Waals surface area (Å²) >= 11 is 6.20. The van der Waals surface area contributed by atoms with E-state index in [1.54, 1.807) is 6.07 Å². The minimum atomic E-state index is 0.0649. The number of hydrogen-bond acceptors (Lipinski definition) is 2. The van der Waals surface area contributed by atoms with E-state index >= 15 is 0 Å². The molecule has 4 heteroatoms. The van der Waals surface area contributed by atoms with Crippen LogP contribution >= 0.6 is 11.6 Å². The lowest BCUT2D eigenvalue weighted by Gasteiger charge is -2.15. The van der Waals surface area contributed by atoms with Crippen LogP contribution in [0, 0.1) is 13.8 Å². The number of halogens is 1. The number of nitrogens with zero attached hydrogens (tertiary/aromatic N) is 1. The van der Waals surface area contributed by atoms with Gasteiger partial charge in [0.05, 0.1) is 0 Å². The van der Waals surface area contributed by atoms with E-state index in [2.05, 4.69) is 19.2 Å². The van der Waals surface area contributed by atoms with Crippen molar-refractivity contribution in [3.8, 4) is 5.69 Å². The van der Waals surface area contributed by atoms with Crippen LogP contribution < -0.4 is 10.7 Å². The van der Waals surface area contributed by atoms with Gasteiger partial charge in [0, 0.05) is 46.8 Å². The average molecular weight is 305 g/mol. The Morgan fingerprint density at radius 2 is 1.95 bits per heavy atom. The summed E-state index contributed by atoms with van der Waals surface area (Å²) in [6, 6.07) is 7.94. The molecule has 0 bridgehead atoms. The van der Waals surface area contributed by atoms with E-state index < -0.39 is 0 Å². The van der Waals surface area contributed by atoms with Crippen LogP contribution in [0.3, 0.4) is 0 Å². The van der Waals surface area contributed by atoms with Gasteiger partial charge < -0.3 is 9.88 Å². The van der Waals surface area contributed by atoms with Gasteiger partial charge in [-0.25, -0.2) is 0 Å². The van der Waals surface area contributed by atoms with Gasteiger partial charge in [0.2, 0.25) is 0 Å². The van der Waals surface area contributed by atoms with E-state index in [1.165, 1.54) is 0 Å². The fraction of sp³-hybridized carbons (Fsp3) is 0.353. The molecule has 21 heavy (non-hydrogen) atoms. The summed E-state index contributed by atoms with van der Waals surface area (Å²) in [7, 11) is 0. The van der Waals surface area contributed by atoms with E-state index in [1.807, 2.05) is 42.8 Å². The van der Waals surface area contributed by atoms with Crippen molar-refractivity contribution in [1.82, 2.24) is 9.88 Å². The van der Waals surface area contributed by atoms with Crippen LogP contribution in [0.5, 0.6) is 0 Å². The molecule has 1 aromatic carbocycles. The third-order valence-corrected chi connectivity index (χ3v) is 3.86. The fourth-order valence-electron chi connectivity index (χ4n) is 2.13. The number of nitrogens with one attached hydrogen (secondary N) is 1. The van der Waals surface area contributed by atoms with Gasteiger partial charge in [-0.1, -0.05) is 31.5 Å². The summed E-state index contributed by atoms with van der Waals surface area (Å²) in [5, 5.41) is 4.01. The molecular weight excluding hydrogens is 284 g/mol. The fourth-order valence-corrected chi connectivity index (χ4v) is 2.30. The van der Waals surface area contributed by atoms with Crippen molar-refractivity contribution in [3.63, 3.8) is 0 Å². The van der Waals surface area contributed by atoms with E-state index in [9.17, 15) is 4.79 Å². The van der Waals surface area contributed by atoms with Crippen LogP contribution in [0.15, 0.2) is 35.3 Å². The molecule has 0 aliphatic carbocycles. The summed E-state index contributed by atoms with van der Waals surface area (Å²) in [4.78, 5) is 12.1. The quantitative estimate of drug-likeness (QED) is 0.936. The van der Waals surface area contributed by atoms with Crippen molar-refractivity contribution in [2.75, 3.05) is 0 Å². The maximum Gasteiger partial charge on any atom is 0.186 e.